The molecule has 0 radical (unpaired) electrons. The van der Waals surface area contributed by atoms with Crippen LogP contribution in [0.5, 0.6) is 0 Å². The molecule has 0 unspecified atom stereocenters. The highest BCUT2D eigenvalue weighted by Gasteiger charge is 2.20. The van der Waals surface area contributed by atoms with Gasteiger partial charge in [0.2, 0.25) is 0 Å². The Labute approximate surface area is 75.4 Å². The summed E-state index contributed by atoms with van der Waals surface area (Å²) in [6, 6.07) is 0. The highest BCUT2D eigenvalue weighted by Crippen LogP contribution is 2.15. The van der Waals surface area contributed by atoms with Crippen LogP contribution >= 0.6 is 0 Å². The third-order valence-electron chi connectivity index (χ3n) is 2.20. The number of anilines is 1. The van der Waals surface area contributed by atoms with Crippen LogP contribution in [0.15, 0.2) is 11.4 Å². The minimum Gasteiger partial charge on any atom is -0.411 e. The minimum atomic E-state index is 0.664. The summed E-state index contributed by atoms with van der Waals surface area (Å²) in [5.41, 5.74) is 0.807. The molecule has 1 aromatic rings. The van der Waals surface area contributed by atoms with Crippen molar-refractivity contribution < 1.29 is 5.21 Å². The highest BCUT2D eigenvalue weighted by atomic mass is 16.4. The maximum atomic E-state index is 8.57. The van der Waals surface area contributed by atoms with Crippen molar-refractivity contribution in [1.82, 2.24) is 15.0 Å². The first kappa shape index (κ1) is 8.03. The smallest absolute Gasteiger partial charge is 0.147 e. The Morgan fingerprint density at radius 3 is 3.00 bits per heavy atom. The summed E-state index contributed by atoms with van der Waals surface area (Å²) in [4.78, 5) is 2.08. The zero-order valence-corrected chi connectivity index (χ0v) is 7.38. The van der Waals surface area contributed by atoms with E-state index in [1.54, 1.807) is 10.9 Å². The molecule has 1 aliphatic heterocycles. The fraction of sp³-hybridized carbons (Fsp3) is 0.571. The van der Waals surface area contributed by atoms with Crippen LogP contribution < -0.4 is 4.90 Å². The van der Waals surface area contributed by atoms with Crippen molar-refractivity contribution in [3.8, 4) is 0 Å². The molecule has 2 rings (SSSR count). The van der Waals surface area contributed by atoms with Crippen LogP contribution in [0.3, 0.4) is 0 Å². The van der Waals surface area contributed by atoms with Crippen molar-refractivity contribution in [2.24, 2.45) is 12.2 Å². The molecule has 0 atom stereocenters. The van der Waals surface area contributed by atoms with E-state index < -0.39 is 0 Å². The summed E-state index contributed by atoms with van der Waals surface area (Å²) in [6.07, 6.45) is 2.52. The van der Waals surface area contributed by atoms with Crippen LogP contribution in [0.1, 0.15) is 6.42 Å². The average Bonchev–Trinajstić information content (AvgIpc) is 2.71. The molecule has 2 heterocycles. The predicted molar refractivity (Wildman–Crippen MR) is 47.1 cm³/mol. The van der Waals surface area contributed by atoms with Gasteiger partial charge >= 0.3 is 0 Å². The van der Waals surface area contributed by atoms with Crippen molar-refractivity contribution in [2.45, 2.75) is 6.42 Å². The molecule has 0 saturated carbocycles. The summed E-state index contributed by atoms with van der Waals surface area (Å²) >= 11 is 0. The van der Waals surface area contributed by atoms with Crippen molar-refractivity contribution in [3.05, 3.63) is 6.20 Å². The Morgan fingerprint density at radius 1 is 1.62 bits per heavy atom. The molecule has 6 heteroatoms. The van der Waals surface area contributed by atoms with Crippen molar-refractivity contribution in [1.29, 1.82) is 0 Å². The number of rotatable bonds is 1. The topological polar surface area (TPSA) is 66.5 Å². The monoisotopic (exact) mass is 181 g/mol. The highest BCUT2D eigenvalue weighted by molar-refractivity contribution is 5.91. The molecule has 1 aromatic heterocycles. The Balaban J connectivity index is 2.17. The van der Waals surface area contributed by atoms with Gasteiger partial charge in [0.25, 0.3) is 0 Å². The minimum absolute atomic E-state index is 0.664. The van der Waals surface area contributed by atoms with Gasteiger partial charge in [0, 0.05) is 20.0 Å². The fourth-order valence-electron chi connectivity index (χ4n) is 1.49. The number of nitrogens with zero attached hydrogens (tertiary/aromatic N) is 5. The van der Waals surface area contributed by atoms with Crippen LogP contribution in [-0.4, -0.2) is 39.0 Å². The second-order valence-corrected chi connectivity index (χ2v) is 3.05. The van der Waals surface area contributed by atoms with Crippen LogP contribution in [0, 0.1) is 0 Å². The molecule has 1 fully saturated rings. The summed E-state index contributed by atoms with van der Waals surface area (Å²) in [5.74, 6) is 0.957. The van der Waals surface area contributed by atoms with E-state index in [1.165, 1.54) is 0 Å². The Kier molecular flexibility index (Phi) is 1.88. The lowest BCUT2D eigenvalue weighted by atomic mass is 10.3. The Bertz CT molecular complexity index is 331. The molecular formula is C7H11N5O. The van der Waals surface area contributed by atoms with E-state index in [0.29, 0.717) is 6.54 Å². The van der Waals surface area contributed by atoms with Crippen LogP contribution in [-0.2, 0) is 7.05 Å². The van der Waals surface area contributed by atoms with E-state index in [-0.39, 0.29) is 0 Å². The first-order valence-corrected chi connectivity index (χ1v) is 4.10. The Morgan fingerprint density at radius 2 is 2.46 bits per heavy atom. The van der Waals surface area contributed by atoms with E-state index in [4.69, 9.17) is 5.21 Å². The molecule has 13 heavy (non-hydrogen) atoms. The van der Waals surface area contributed by atoms with E-state index >= 15 is 0 Å². The van der Waals surface area contributed by atoms with Crippen LogP contribution in [0.4, 0.5) is 5.82 Å². The van der Waals surface area contributed by atoms with Gasteiger partial charge in [-0.15, -0.1) is 5.10 Å². The first-order chi connectivity index (χ1) is 6.31. The number of hydrogen-bond donors (Lipinski definition) is 1. The maximum absolute atomic E-state index is 8.57. The van der Waals surface area contributed by atoms with Gasteiger partial charge in [-0.25, -0.2) is 4.68 Å². The quantitative estimate of drug-likeness (QED) is 0.483. The standard InChI is InChI=1S/C7H11N5O/c1-11-7(4-8-10-11)12-3-2-6(5-12)9-13/h4,13H,2-3,5H2,1H3/b9-6-. The number of aryl methyl sites for hydroxylation is 1. The molecule has 1 N–H and O–H groups in total. The zero-order valence-electron chi connectivity index (χ0n) is 7.38. The number of oxime groups is 1. The van der Waals surface area contributed by atoms with E-state index in [9.17, 15) is 0 Å². The molecule has 6 nitrogen and oxygen atoms in total. The van der Waals surface area contributed by atoms with Gasteiger partial charge in [-0.3, -0.25) is 0 Å². The van der Waals surface area contributed by atoms with Crippen molar-refractivity contribution in [3.63, 3.8) is 0 Å². The molecule has 0 spiro atoms. The summed E-state index contributed by atoms with van der Waals surface area (Å²) in [7, 11) is 1.84. The lowest BCUT2D eigenvalue weighted by Gasteiger charge is -2.14. The van der Waals surface area contributed by atoms with Gasteiger partial charge in [0.1, 0.15) is 5.82 Å². The largest absolute Gasteiger partial charge is 0.411 e. The maximum Gasteiger partial charge on any atom is 0.147 e. The molecule has 0 bridgehead atoms. The second-order valence-electron chi connectivity index (χ2n) is 3.05. The first-order valence-electron chi connectivity index (χ1n) is 4.10. The molecule has 70 valence electrons. The number of aromatic nitrogens is 3. The molecule has 0 amide bonds. The third kappa shape index (κ3) is 1.34. The summed E-state index contributed by atoms with van der Waals surface area (Å²) < 4.78 is 1.71. The zero-order chi connectivity index (χ0) is 9.26. The van der Waals surface area contributed by atoms with Gasteiger partial charge in [-0.05, 0) is 0 Å². The van der Waals surface area contributed by atoms with Gasteiger partial charge < -0.3 is 10.1 Å². The van der Waals surface area contributed by atoms with E-state index in [0.717, 1.165) is 24.5 Å². The summed E-state index contributed by atoms with van der Waals surface area (Å²) in [5, 5.41) is 19.4. The lowest BCUT2D eigenvalue weighted by Crippen LogP contribution is -2.22. The van der Waals surface area contributed by atoms with Crippen molar-refractivity contribution in [2.75, 3.05) is 18.0 Å². The second kappa shape index (κ2) is 3.04. The lowest BCUT2D eigenvalue weighted by molar-refractivity contribution is 0.318. The van der Waals surface area contributed by atoms with Gasteiger partial charge in [-0.2, -0.15) is 0 Å². The van der Waals surface area contributed by atoms with Crippen LogP contribution in [0.2, 0.25) is 0 Å². The molecule has 1 saturated heterocycles. The molecular weight excluding hydrogens is 170 g/mol. The normalized spacial score (nSPS) is 20.1. The van der Waals surface area contributed by atoms with Gasteiger partial charge in [0.15, 0.2) is 0 Å². The average molecular weight is 181 g/mol. The third-order valence-corrected chi connectivity index (χ3v) is 2.20. The fourth-order valence-corrected chi connectivity index (χ4v) is 1.49. The van der Waals surface area contributed by atoms with Crippen molar-refractivity contribution >= 4 is 11.5 Å². The molecule has 0 aliphatic carbocycles. The predicted octanol–water partition coefficient (Wildman–Crippen LogP) is -0.145. The molecule has 0 aromatic carbocycles. The number of hydrogen-bond acceptors (Lipinski definition) is 5. The van der Waals surface area contributed by atoms with Gasteiger partial charge in [-0.1, -0.05) is 10.4 Å². The SMILES string of the molecule is Cn1nncc1N1CC/C(=N/O)C1. The molecule has 1 aliphatic rings. The Hall–Kier alpha value is -1.59. The van der Waals surface area contributed by atoms with E-state index in [2.05, 4.69) is 20.4 Å². The van der Waals surface area contributed by atoms with Crippen LogP contribution in [0.25, 0.3) is 0 Å². The van der Waals surface area contributed by atoms with E-state index in [1.807, 2.05) is 7.05 Å². The van der Waals surface area contributed by atoms with Gasteiger partial charge in [0.05, 0.1) is 18.5 Å². The summed E-state index contributed by atoms with van der Waals surface area (Å²) in [6.45, 7) is 1.53.